The number of nitrogens with zero attached hydrogens (tertiary/aromatic N) is 1. The molecule has 5 nitrogen and oxygen atoms in total. The van der Waals surface area contributed by atoms with Crippen molar-refractivity contribution in [1.82, 2.24) is 9.62 Å². The summed E-state index contributed by atoms with van der Waals surface area (Å²) in [5.41, 5.74) is 0.923. The maximum absolute atomic E-state index is 12.7. The lowest BCUT2D eigenvalue weighted by molar-refractivity contribution is 0.396. The zero-order valence-corrected chi connectivity index (χ0v) is 13.0. The Bertz CT molecular complexity index is 568. The number of methoxy groups -OCH3 is 1. The van der Waals surface area contributed by atoms with Crippen molar-refractivity contribution in [2.75, 3.05) is 27.7 Å². The van der Waals surface area contributed by atoms with Gasteiger partial charge >= 0.3 is 0 Å². The molecule has 1 aromatic carbocycles. The van der Waals surface area contributed by atoms with Crippen LogP contribution in [0.2, 0.25) is 0 Å². The maximum Gasteiger partial charge on any atom is 0.246 e. The Kier molecular flexibility index (Phi) is 4.67. The summed E-state index contributed by atoms with van der Waals surface area (Å²) in [5, 5.41) is 3.02. The van der Waals surface area contributed by atoms with E-state index in [1.54, 1.807) is 19.2 Å². The normalized spacial score (nSPS) is 15.6. The Balaban J connectivity index is 2.34. The molecule has 6 heteroatoms. The quantitative estimate of drug-likeness (QED) is 0.827. The number of sulfonamides is 1. The number of hydrogen-bond acceptors (Lipinski definition) is 4. The van der Waals surface area contributed by atoms with E-state index in [0.717, 1.165) is 18.4 Å². The van der Waals surface area contributed by atoms with Crippen LogP contribution in [0.5, 0.6) is 5.75 Å². The van der Waals surface area contributed by atoms with Gasteiger partial charge in [-0.15, -0.1) is 0 Å². The van der Waals surface area contributed by atoms with Gasteiger partial charge in [-0.05, 0) is 43.5 Å². The zero-order chi connectivity index (χ0) is 14.8. The minimum atomic E-state index is -3.50. The van der Waals surface area contributed by atoms with Gasteiger partial charge in [-0.25, -0.2) is 12.7 Å². The number of benzene rings is 1. The third kappa shape index (κ3) is 3.31. The van der Waals surface area contributed by atoms with Gasteiger partial charge in [0, 0.05) is 20.1 Å². The fourth-order valence-electron chi connectivity index (χ4n) is 2.17. The zero-order valence-electron chi connectivity index (χ0n) is 12.2. The van der Waals surface area contributed by atoms with Crippen molar-refractivity contribution < 1.29 is 13.2 Å². The van der Waals surface area contributed by atoms with Gasteiger partial charge in [-0.1, -0.05) is 6.07 Å². The van der Waals surface area contributed by atoms with Crippen molar-refractivity contribution in [3.63, 3.8) is 0 Å². The van der Waals surface area contributed by atoms with E-state index in [2.05, 4.69) is 5.32 Å². The molecule has 1 aliphatic carbocycles. The molecule has 0 amide bonds. The van der Waals surface area contributed by atoms with Gasteiger partial charge < -0.3 is 10.1 Å². The molecule has 0 radical (unpaired) electrons. The van der Waals surface area contributed by atoms with E-state index in [1.807, 2.05) is 13.1 Å². The van der Waals surface area contributed by atoms with Gasteiger partial charge in [0.05, 0.1) is 7.11 Å². The maximum atomic E-state index is 12.7. The number of hydrogen-bond donors (Lipinski definition) is 1. The summed E-state index contributed by atoms with van der Waals surface area (Å²) in [6.07, 6.45) is 2.24. The number of nitrogens with one attached hydrogen (secondary N) is 1. The van der Waals surface area contributed by atoms with Gasteiger partial charge in [0.15, 0.2) is 0 Å². The third-order valence-corrected chi connectivity index (χ3v) is 5.35. The van der Waals surface area contributed by atoms with Crippen molar-refractivity contribution in [2.24, 2.45) is 5.92 Å². The highest BCUT2D eigenvalue weighted by Gasteiger charge is 2.31. The Labute approximate surface area is 121 Å². The average Bonchev–Trinajstić information content (AvgIpc) is 3.23. The first kappa shape index (κ1) is 15.3. The summed E-state index contributed by atoms with van der Waals surface area (Å²) in [5.74, 6) is 0.911. The predicted octanol–water partition coefficient (Wildman–Crippen LogP) is 1.45. The second-order valence-electron chi connectivity index (χ2n) is 5.24. The monoisotopic (exact) mass is 298 g/mol. The topological polar surface area (TPSA) is 58.6 Å². The molecule has 2 rings (SSSR count). The highest BCUT2D eigenvalue weighted by atomic mass is 32.2. The second kappa shape index (κ2) is 6.11. The first-order chi connectivity index (χ1) is 9.48. The summed E-state index contributed by atoms with van der Waals surface area (Å²) >= 11 is 0. The van der Waals surface area contributed by atoms with Crippen molar-refractivity contribution >= 4 is 10.0 Å². The molecular weight excluding hydrogens is 276 g/mol. The molecule has 1 aromatic rings. The van der Waals surface area contributed by atoms with Gasteiger partial charge in [0.1, 0.15) is 10.6 Å². The van der Waals surface area contributed by atoms with Crippen molar-refractivity contribution in [3.8, 4) is 5.75 Å². The average molecular weight is 298 g/mol. The number of ether oxygens (including phenoxy) is 1. The summed E-state index contributed by atoms with van der Waals surface area (Å²) in [6, 6.07) is 5.27. The van der Waals surface area contributed by atoms with Crippen LogP contribution in [0.3, 0.4) is 0 Å². The molecule has 0 bridgehead atoms. The van der Waals surface area contributed by atoms with E-state index in [9.17, 15) is 8.42 Å². The van der Waals surface area contributed by atoms with Crippen LogP contribution in [0.15, 0.2) is 23.1 Å². The molecule has 0 aliphatic heterocycles. The van der Waals surface area contributed by atoms with Crippen molar-refractivity contribution in [2.45, 2.75) is 24.3 Å². The van der Waals surface area contributed by atoms with E-state index in [1.165, 1.54) is 11.4 Å². The molecule has 0 aromatic heterocycles. The smallest absolute Gasteiger partial charge is 0.246 e. The second-order valence-corrected chi connectivity index (χ2v) is 7.26. The molecule has 1 fully saturated rings. The van der Waals surface area contributed by atoms with Crippen LogP contribution in [0, 0.1) is 5.92 Å². The van der Waals surface area contributed by atoms with Gasteiger partial charge in [0.25, 0.3) is 0 Å². The Morgan fingerprint density at radius 2 is 2.10 bits per heavy atom. The SMILES string of the molecule is CNCc1ccc(OC)c(S(=O)(=O)N(C)CC2CC2)c1. The molecule has 0 saturated heterocycles. The first-order valence-corrected chi connectivity index (χ1v) is 8.21. The van der Waals surface area contributed by atoms with Gasteiger partial charge in [0.2, 0.25) is 10.0 Å². The predicted molar refractivity (Wildman–Crippen MR) is 78.3 cm³/mol. The van der Waals surface area contributed by atoms with E-state index >= 15 is 0 Å². The van der Waals surface area contributed by atoms with Crippen LogP contribution in [-0.4, -0.2) is 40.5 Å². The molecule has 0 spiro atoms. The third-order valence-electron chi connectivity index (χ3n) is 3.51. The highest BCUT2D eigenvalue weighted by molar-refractivity contribution is 7.89. The van der Waals surface area contributed by atoms with Crippen LogP contribution in [0.25, 0.3) is 0 Å². The van der Waals surface area contributed by atoms with E-state index in [-0.39, 0.29) is 4.90 Å². The lowest BCUT2D eigenvalue weighted by Crippen LogP contribution is -2.29. The molecular formula is C14H22N2O3S. The molecule has 112 valence electrons. The van der Waals surface area contributed by atoms with Crippen LogP contribution >= 0.6 is 0 Å². The molecule has 0 atom stereocenters. The van der Waals surface area contributed by atoms with Gasteiger partial charge in [-0.2, -0.15) is 0 Å². The molecule has 20 heavy (non-hydrogen) atoms. The minimum absolute atomic E-state index is 0.246. The summed E-state index contributed by atoms with van der Waals surface area (Å²) in [6.45, 7) is 1.21. The Morgan fingerprint density at radius 3 is 2.65 bits per heavy atom. The van der Waals surface area contributed by atoms with E-state index in [0.29, 0.717) is 24.8 Å². The van der Waals surface area contributed by atoms with E-state index in [4.69, 9.17) is 4.74 Å². The number of rotatable bonds is 7. The standard InChI is InChI=1S/C14H22N2O3S/c1-15-9-12-6-7-13(19-3)14(8-12)20(17,18)16(2)10-11-4-5-11/h6-8,11,15H,4-5,9-10H2,1-3H3. The van der Waals surface area contributed by atoms with Crippen LogP contribution < -0.4 is 10.1 Å². The molecule has 1 N–H and O–H groups in total. The van der Waals surface area contributed by atoms with Crippen molar-refractivity contribution in [1.29, 1.82) is 0 Å². The Morgan fingerprint density at radius 1 is 1.40 bits per heavy atom. The van der Waals surface area contributed by atoms with Crippen molar-refractivity contribution in [3.05, 3.63) is 23.8 Å². The van der Waals surface area contributed by atoms with Crippen LogP contribution in [-0.2, 0) is 16.6 Å². The summed E-state index contributed by atoms with van der Waals surface area (Å²) in [4.78, 5) is 0.246. The molecule has 0 unspecified atom stereocenters. The molecule has 1 saturated carbocycles. The van der Waals surface area contributed by atoms with Crippen LogP contribution in [0.4, 0.5) is 0 Å². The lowest BCUT2D eigenvalue weighted by Gasteiger charge is -2.19. The summed E-state index contributed by atoms with van der Waals surface area (Å²) in [7, 11) is 1.46. The molecule has 0 heterocycles. The van der Waals surface area contributed by atoms with Crippen LogP contribution in [0.1, 0.15) is 18.4 Å². The lowest BCUT2D eigenvalue weighted by atomic mass is 10.2. The largest absolute Gasteiger partial charge is 0.495 e. The fourth-order valence-corrected chi connectivity index (χ4v) is 3.62. The first-order valence-electron chi connectivity index (χ1n) is 6.77. The van der Waals surface area contributed by atoms with Gasteiger partial charge in [-0.3, -0.25) is 0 Å². The van der Waals surface area contributed by atoms with E-state index < -0.39 is 10.0 Å². The minimum Gasteiger partial charge on any atom is -0.495 e. The Hall–Kier alpha value is -1.11. The molecule has 1 aliphatic rings. The fraction of sp³-hybridized carbons (Fsp3) is 0.571. The summed E-state index contributed by atoms with van der Waals surface area (Å²) < 4.78 is 32.0. The highest BCUT2D eigenvalue weighted by Crippen LogP contribution is 2.33.